The molecule has 32 heavy (non-hydrogen) atoms. The van der Waals surface area contributed by atoms with E-state index in [0.717, 1.165) is 25.0 Å². The van der Waals surface area contributed by atoms with Gasteiger partial charge in [-0.1, -0.05) is 124 Å². The Morgan fingerprint density at radius 3 is 1.56 bits per heavy atom. The van der Waals surface area contributed by atoms with Gasteiger partial charge in [-0.2, -0.15) is 0 Å². The fourth-order valence-corrected chi connectivity index (χ4v) is 6.77. The molecule has 2 rings (SSSR count). The summed E-state index contributed by atoms with van der Waals surface area (Å²) < 4.78 is 0. The van der Waals surface area contributed by atoms with Crippen LogP contribution in [0.2, 0.25) is 0 Å². The second kappa shape index (κ2) is 15.8. The molecule has 0 unspecified atom stereocenters. The summed E-state index contributed by atoms with van der Waals surface area (Å²) >= 11 is 0. The molecular weight excluding hydrogens is 388 g/mol. The van der Waals surface area contributed by atoms with Gasteiger partial charge in [0.15, 0.2) is 0 Å². The van der Waals surface area contributed by atoms with Crippen molar-refractivity contribution >= 4 is 0 Å². The minimum Gasteiger partial charge on any atom is -0.315 e. The zero-order chi connectivity index (χ0) is 23.1. The van der Waals surface area contributed by atoms with Crippen LogP contribution in [-0.4, -0.2) is 25.7 Å². The molecule has 2 heteroatoms. The Balaban J connectivity index is 1.27. The van der Waals surface area contributed by atoms with Crippen molar-refractivity contribution in [2.24, 2.45) is 16.7 Å². The topological polar surface area (TPSA) is 24.1 Å². The molecule has 2 bridgehead atoms. The lowest BCUT2D eigenvalue weighted by Crippen LogP contribution is -2.46. The second-order valence-corrected chi connectivity index (χ2v) is 12.2. The molecule has 0 amide bonds. The van der Waals surface area contributed by atoms with Crippen LogP contribution in [0.4, 0.5) is 0 Å². The van der Waals surface area contributed by atoms with Gasteiger partial charge >= 0.3 is 0 Å². The largest absolute Gasteiger partial charge is 0.315 e. The van der Waals surface area contributed by atoms with Crippen molar-refractivity contribution in [3.63, 3.8) is 0 Å². The third-order valence-electron chi connectivity index (χ3n) is 9.69. The molecule has 2 aliphatic rings. The van der Waals surface area contributed by atoms with Crippen LogP contribution in [0.25, 0.3) is 0 Å². The van der Waals surface area contributed by atoms with Crippen molar-refractivity contribution in [1.82, 2.24) is 10.6 Å². The van der Waals surface area contributed by atoms with Gasteiger partial charge in [-0.3, -0.25) is 0 Å². The van der Waals surface area contributed by atoms with E-state index in [1.165, 1.54) is 129 Å². The standard InChI is InChI=1S/C30H60N2/c1-5-6-7-8-9-10-11-12-13-14-15-16-17-18-19-20-23-31-24-25-32-28-26-27-21-22-30(28,4)29(27,2)3/h27-28,31-32H,5-26H2,1-4H3/t27-,28+,30+/m1/s1. The maximum Gasteiger partial charge on any atom is 0.0129 e. The Morgan fingerprint density at radius 1 is 0.625 bits per heavy atom. The van der Waals surface area contributed by atoms with Crippen molar-refractivity contribution in [3.05, 3.63) is 0 Å². The van der Waals surface area contributed by atoms with Crippen molar-refractivity contribution in [2.75, 3.05) is 19.6 Å². The summed E-state index contributed by atoms with van der Waals surface area (Å²) in [5.41, 5.74) is 1.05. The van der Waals surface area contributed by atoms with Crippen LogP contribution in [0.15, 0.2) is 0 Å². The van der Waals surface area contributed by atoms with E-state index in [1.807, 2.05) is 0 Å². The molecule has 0 spiro atoms. The van der Waals surface area contributed by atoms with Gasteiger partial charge in [0, 0.05) is 19.1 Å². The Morgan fingerprint density at radius 2 is 1.12 bits per heavy atom. The van der Waals surface area contributed by atoms with E-state index in [2.05, 4.69) is 38.3 Å². The van der Waals surface area contributed by atoms with Gasteiger partial charge < -0.3 is 10.6 Å². The first-order valence-corrected chi connectivity index (χ1v) is 15.0. The number of rotatable bonds is 21. The lowest BCUT2D eigenvalue weighted by atomic mass is 9.69. The number of fused-ring (bicyclic) bond motifs is 2. The fourth-order valence-electron chi connectivity index (χ4n) is 6.77. The molecule has 3 atom stereocenters. The minimum atomic E-state index is 0.519. The maximum atomic E-state index is 3.90. The monoisotopic (exact) mass is 448 g/mol. The second-order valence-electron chi connectivity index (χ2n) is 12.2. The molecule has 190 valence electrons. The van der Waals surface area contributed by atoms with E-state index >= 15 is 0 Å². The number of hydrogen-bond acceptors (Lipinski definition) is 2. The summed E-state index contributed by atoms with van der Waals surface area (Å²) in [6.45, 7) is 13.4. The number of nitrogens with one attached hydrogen (secondary N) is 2. The van der Waals surface area contributed by atoms with Gasteiger partial charge in [0.1, 0.15) is 0 Å². The molecule has 0 aromatic carbocycles. The van der Waals surface area contributed by atoms with Crippen molar-refractivity contribution < 1.29 is 0 Å². The normalized spacial score (nSPS) is 26.2. The highest BCUT2D eigenvalue weighted by Gasteiger charge is 2.60. The average Bonchev–Trinajstić information content (AvgIpc) is 3.11. The summed E-state index contributed by atoms with van der Waals surface area (Å²) in [5, 5.41) is 7.58. The molecule has 0 saturated heterocycles. The van der Waals surface area contributed by atoms with E-state index in [0.29, 0.717) is 10.8 Å². The van der Waals surface area contributed by atoms with Gasteiger partial charge in [-0.05, 0) is 49.0 Å². The number of unbranched alkanes of at least 4 members (excludes halogenated alkanes) is 15. The highest BCUT2D eigenvalue weighted by Crippen LogP contribution is 2.65. The number of hydrogen-bond donors (Lipinski definition) is 2. The quantitative estimate of drug-likeness (QED) is 0.172. The van der Waals surface area contributed by atoms with Crippen molar-refractivity contribution in [2.45, 2.75) is 156 Å². The van der Waals surface area contributed by atoms with Crippen LogP contribution in [0.1, 0.15) is 150 Å². The van der Waals surface area contributed by atoms with Gasteiger partial charge in [0.25, 0.3) is 0 Å². The van der Waals surface area contributed by atoms with Crippen LogP contribution >= 0.6 is 0 Å². The first-order chi connectivity index (χ1) is 15.5. The summed E-state index contributed by atoms with van der Waals surface area (Å²) in [7, 11) is 0. The van der Waals surface area contributed by atoms with Crippen molar-refractivity contribution in [1.29, 1.82) is 0 Å². The molecule has 0 heterocycles. The van der Waals surface area contributed by atoms with Crippen LogP contribution in [0, 0.1) is 16.7 Å². The van der Waals surface area contributed by atoms with Crippen LogP contribution in [0.5, 0.6) is 0 Å². The lowest BCUT2D eigenvalue weighted by Gasteiger charge is -2.39. The molecular formula is C30H60N2. The first-order valence-electron chi connectivity index (χ1n) is 15.0. The van der Waals surface area contributed by atoms with E-state index in [4.69, 9.17) is 0 Å². The Labute approximate surface area is 202 Å². The molecule has 2 aliphatic carbocycles. The van der Waals surface area contributed by atoms with Crippen LogP contribution < -0.4 is 10.6 Å². The molecule has 2 nitrogen and oxygen atoms in total. The summed E-state index contributed by atoms with van der Waals surface area (Å²) in [6, 6.07) is 0.744. The van der Waals surface area contributed by atoms with E-state index < -0.39 is 0 Å². The van der Waals surface area contributed by atoms with Gasteiger partial charge in [-0.15, -0.1) is 0 Å². The lowest BCUT2D eigenvalue weighted by molar-refractivity contribution is 0.121. The molecule has 0 aliphatic heterocycles. The molecule has 2 N–H and O–H groups in total. The smallest absolute Gasteiger partial charge is 0.0129 e. The zero-order valence-electron chi connectivity index (χ0n) is 22.7. The van der Waals surface area contributed by atoms with Crippen molar-refractivity contribution in [3.8, 4) is 0 Å². The summed E-state index contributed by atoms with van der Waals surface area (Å²) in [6.07, 6.45) is 27.5. The SMILES string of the molecule is CCCCCCCCCCCCCCCCCCNCCN[C@H]1C[C@H]2CC[C@]1(C)C2(C)C. The fraction of sp³-hybridized carbons (Fsp3) is 1.00. The van der Waals surface area contributed by atoms with E-state index in [-0.39, 0.29) is 0 Å². The zero-order valence-corrected chi connectivity index (χ0v) is 22.7. The predicted molar refractivity (Wildman–Crippen MR) is 143 cm³/mol. The third kappa shape index (κ3) is 8.94. The van der Waals surface area contributed by atoms with E-state index in [1.54, 1.807) is 0 Å². The summed E-state index contributed by atoms with van der Waals surface area (Å²) in [4.78, 5) is 0. The Hall–Kier alpha value is -0.0800. The Bertz CT molecular complexity index is 460. The van der Waals surface area contributed by atoms with Gasteiger partial charge in [-0.25, -0.2) is 0 Å². The third-order valence-corrected chi connectivity index (χ3v) is 9.69. The minimum absolute atomic E-state index is 0.519. The molecule has 0 radical (unpaired) electrons. The molecule has 2 fully saturated rings. The summed E-state index contributed by atoms with van der Waals surface area (Å²) in [5.74, 6) is 0.947. The van der Waals surface area contributed by atoms with Gasteiger partial charge in [0.2, 0.25) is 0 Å². The molecule has 0 aromatic heterocycles. The average molecular weight is 449 g/mol. The van der Waals surface area contributed by atoms with Crippen LogP contribution in [0.3, 0.4) is 0 Å². The first kappa shape index (κ1) is 28.2. The Kier molecular flexibility index (Phi) is 13.9. The molecule has 2 saturated carbocycles. The predicted octanol–water partition coefficient (Wildman–Crippen LogP) is 8.64. The maximum absolute atomic E-state index is 3.90. The highest BCUT2D eigenvalue weighted by atomic mass is 15.0. The van der Waals surface area contributed by atoms with E-state index in [9.17, 15) is 0 Å². The molecule has 0 aromatic rings. The van der Waals surface area contributed by atoms with Crippen LogP contribution in [-0.2, 0) is 0 Å². The highest BCUT2D eigenvalue weighted by molar-refractivity contribution is 5.12. The van der Waals surface area contributed by atoms with Gasteiger partial charge in [0.05, 0.1) is 0 Å².